The van der Waals surface area contributed by atoms with Crippen molar-refractivity contribution < 1.29 is 43.7 Å². The molecule has 0 nitrogen and oxygen atoms in total. The van der Waals surface area contributed by atoms with Gasteiger partial charge >= 0.3 is 310 Å². The molecule has 0 bridgehead atoms. The molecule has 2 aliphatic rings. The van der Waals surface area contributed by atoms with Crippen molar-refractivity contribution in [1.29, 1.82) is 0 Å². The van der Waals surface area contributed by atoms with Gasteiger partial charge in [0.05, 0.1) is 0 Å². The van der Waals surface area contributed by atoms with Crippen LogP contribution in [0.5, 0.6) is 0 Å². The van der Waals surface area contributed by atoms with Crippen molar-refractivity contribution in [2.45, 2.75) is 39.1 Å². The topological polar surface area (TPSA) is 0 Å². The van der Waals surface area contributed by atoms with Gasteiger partial charge in [-0.15, -0.1) is 0 Å². The Morgan fingerprint density at radius 2 is 0.811 bits per heavy atom. The molecular weight excluding hydrogens is 779 g/mol. The van der Waals surface area contributed by atoms with E-state index in [1.807, 2.05) is 0 Å². The molecule has 0 N–H and O–H groups in total. The Kier molecular flexibility index (Phi) is 10.5. The standard InChI is InChI=1S/2C21H17.C7H7.2ClH.H2Si.Zr/c2*1-14-7-5-11-19-20(14)13-15(2)21(19)18-12-6-9-16-8-3-4-10-17(16)18;1-7-5-3-2-4-6-7;;;;/h2*3-13H,1-2H3;2-6H,1H2;2*1H;1H2;/q;;;;;;+2/p-2. The van der Waals surface area contributed by atoms with Gasteiger partial charge in [0.1, 0.15) is 0 Å². The van der Waals surface area contributed by atoms with E-state index >= 15 is 0 Å². The molecule has 2 aliphatic carbocycles. The predicted molar refractivity (Wildman–Crippen MR) is 218 cm³/mol. The zero-order valence-electron chi connectivity index (χ0n) is 30.8. The van der Waals surface area contributed by atoms with Crippen molar-refractivity contribution in [3.05, 3.63) is 213 Å². The molecule has 0 fully saturated rings. The van der Waals surface area contributed by atoms with Crippen molar-refractivity contribution in [3.8, 4) is 0 Å². The number of halogens is 2. The predicted octanol–water partition coefficient (Wildman–Crippen LogP) is 5.97. The fraction of sp³-hybridized carbons (Fsp3) is 0.143. The van der Waals surface area contributed by atoms with E-state index in [-0.39, 0.29) is 24.8 Å². The monoisotopic (exact) mass is 819 g/mol. The van der Waals surface area contributed by atoms with E-state index in [0.717, 1.165) is 0 Å². The molecule has 4 heteroatoms. The maximum atomic E-state index is 2.51. The van der Waals surface area contributed by atoms with Crippen LogP contribution in [0.2, 0.25) is 0 Å². The zero-order chi connectivity index (χ0) is 34.9. The minimum Gasteiger partial charge on any atom is -1.00 e. The molecular formula is C49H43Cl2SiZr. The van der Waals surface area contributed by atoms with E-state index < -0.39 is 18.9 Å². The molecule has 2 unspecified atom stereocenters. The van der Waals surface area contributed by atoms with Crippen LogP contribution < -0.4 is 24.8 Å². The van der Waals surface area contributed by atoms with Crippen LogP contribution in [0.4, 0.5) is 0 Å². The quantitative estimate of drug-likeness (QED) is 0.182. The first-order chi connectivity index (χ1) is 24.9. The third kappa shape index (κ3) is 5.98. The van der Waals surface area contributed by atoms with Crippen molar-refractivity contribution in [3.63, 3.8) is 0 Å². The summed E-state index contributed by atoms with van der Waals surface area (Å²) in [6, 6.07) is 57.4. The van der Waals surface area contributed by atoms with E-state index in [4.69, 9.17) is 0 Å². The molecule has 0 amide bonds. The van der Waals surface area contributed by atoms with Gasteiger partial charge in [0.2, 0.25) is 0 Å². The SMILES string of the molecule is CC1=C(c2cccc3ccccc23)c2cccc(C)c2[CH]1[Zr+2](=[SiH2])([CH2]c1ccccc1)[CH]1C(C)=C(c2cccc3ccccc23)c2cccc(C)c21.[Cl-].[Cl-]. The van der Waals surface area contributed by atoms with Crippen LogP contribution in [0.3, 0.4) is 0 Å². The summed E-state index contributed by atoms with van der Waals surface area (Å²) in [5.41, 5.74) is 19.3. The molecule has 2 atom stereocenters. The van der Waals surface area contributed by atoms with Gasteiger partial charge in [0.15, 0.2) is 0 Å². The van der Waals surface area contributed by atoms with E-state index in [1.54, 1.807) is 22.3 Å². The Balaban J connectivity index is 0.00000218. The molecule has 0 heterocycles. The summed E-state index contributed by atoms with van der Waals surface area (Å²) in [5, 5.41) is 5.32. The first-order valence-electron chi connectivity index (χ1n) is 18.3. The fourth-order valence-corrected chi connectivity index (χ4v) is 31.8. The minimum absolute atomic E-state index is 0. The molecule has 7 aromatic rings. The maximum absolute atomic E-state index is 3.53. The molecule has 0 aliphatic heterocycles. The largest absolute Gasteiger partial charge is 1.00 e. The fourth-order valence-electron chi connectivity index (χ4n) is 10.1. The van der Waals surface area contributed by atoms with Gasteiger partial charge in [-0.3, -0.25) is 0 Å². The van der Waals surface area contributed by atoms with Gasteiger partial charge < -0.3 is 24.8 Å². The van der Waals surface area contributed by atoms with Gasteiger partial charge in [0, 0.05) is 0 Å². The summed E-state index contributed by atoms with van der Waals surface area (Å²) in [5.74, 6) is 0. The Morgan fingerprint density at radius 3 is 1.28 bits per heavy atom. The van der Waals surface area contributed by atoms with Gasteiger partial charge in [-0.1, -0.05) is 0 Å². The normalized spacial score (nSPS) is 16.7. The van der Waals surface area contributed by atoms with Crippen molar-refractivity contribution in [2.24, 2.45) is 0 Å². The minimum atomic E-state index is -3.53. The van der Waals surface area contributed by atoms with E-state index in [0.29, 0.717) is 7.25 Å². The van der Waals surface area contributed by atoms with Crippen LogP contribution >= 0.6 is 0 Å². The van der Waals surface area contributed by atoms with Crippen LogP contribution in [0, 0.1) is 13.8 Å². The Hall–Kier alpha value is -3.78. The summed E-state index contributed by atoms with van der Waals surface area (Å²) in [7, 11) is 0. The van der Waals surface area contributed by atoms with Gasteiger partial charge in [-0.05, 0) is 0 Å². The smallest absolute Gasteiger partial charge is 1.00 e. The summed E-state index contributed by atoms with van der Waals surface area (Å²) >= 11 is -3.53. The summed E-state index contributed by atoms with van der Waals surface area (Å²) in [4.78, 5) is 0. The van der Waals surface area contributed by atoms with Gasteiger partial charge in [-0.2, -0.15) is 0 Å². The second kappa shape index (κ2) is 14.8. The van der Waals surface area contributed by atoms with E-state index in [2.05, 4.69) is 186 Å². The third-order valence-electron chi connectivity index (χ3n) is 12.1. The Bertz CT molecular complexity index is 2480. The number of hydrogen-bond donors (Lipinski definition) is 0. The average Bonchev–Trinajstić information content (AvgIpc) is 3.63. The molecule has 7 aromatic carbocycles. The molecule has 53 heavy (non-hydrogen) atoms. The Labute approximate surface area is 332 Å². The van der Waals surface area contributed by atoms with Crippen molar-refractivity contribution in [2.75, 3.05) is 0 Å². The third-order valence-corrected chi connectivity index (χ3v) is 30.2. The second-order valence-corrected chi connectivity index (χ2v) is 32.6. The number of allylic oxidation sites excluding steroid dienone is 2. The molecule has 261 valence electrons. The first-order valence-corrected chi connectivity index (χ1v) is 28.8. The van der Waals surface area contributed by atoms with Crippen molar-refractivity contribution in [1.82, 2.24) is 0 Å². The number of aryl methyl sites for hydroxylation is 2. The van der Waals surface area contributed by atoms with E-state index in [9.17, 15) is 0 Å². The molecule has 0 radical (unpaired) electrons. The number of hydrogen-bond acceptors (Lipinski definition) is 0. The molecule has 0 saturated carbocycles. The van der Waals surface area contributed by atoms with Crippen molar-refractivity contribution >= 4 is 39.6 Å². The summed E-state index contributed by atoms with van der Waals surface area (Å²) in [6.45, 7) is 12.3. The van der Waals surface area contributed by atoms with E-state index in [1.165, 1.54) is 75.8 Å². The molecule has 0 saturated heterocycles. The summed E-state index contributed by atoms with van der Waals surface area (Å²) in [6.07, 6.45) is 0. The molecule has 9 rings (SSSR count). The maximum Gasteiger partial charge on any atom is -1.00 e. The first kappa shape index (κ1) is 37.5. The van der Waals surface area contributed by atoms with Crippen LogP contribution in [-0.4, -0.2) is 6.88 Å². The van der Waals surface area contributed by atoms with Crippen LogP contribution in [0.1, 0.15) is 71.2 Å². The zero-order valence-corrected chi connectivity index (χ0v) is 36.1. The van der Waals surface area contributed by atoms with Crippen LogP contribution in [0.15, 0.2) is 163 Å². The second-order valence-electron chi connectivity index (χ2n) is 15.0. The number of rotatable bonds is 6. The molecule has 0 spiro atoms. The number of benzene rings is 7. The molecule has 0 aromatic heterocycles. The van der Waals surface area contributed by atoms with Gasteiger partial charge in [0.25, 0.3) is 0 Å². The summed E-state index contributed by atoms with van der Waals surface area (Å²) < 4.78 is 2.05. The van der Waals surface area contributed by atoms with Crippen LogP contribution in [-0.2, 0) is 23.0 Å². The average molecular weight is 822 g/mol. The number of fused-ring (bicyclic) bond motifs is 4. The van der Waals surface area contributed by atoms with Crippen LogP contribution in [0.25, 0.3) is 32.7 Å². The van der Waals surface area contributed by atoms with Gasteiger partial charge in [-0.25, -0.2) is 0 Å². The Morgan fingerprint density at radius 1 is 0.434 bits per heavy atom.